The molecule has 0 aliphatic carbocycles. The van der Waals surface area contributed by atoms with Crippen LogP contribution >= 0.6 is 11.8 Å². The Bertz CT molecular complexity index is 347. The van der Waals surface area contributed by atoms with Crippen molar-refractivity contribution in [2.24, 2.45) is 5.92 Å². The summed E-state index contributed by atoms with van der Waals surface area (Å²) in [7, 11) is 0. The molecule has 3 heteroatoms. The largest absolute Gasteiger partial charge is 0.388 e. The molecule has 1 nitrogen and oxygen atoms in total. The minimum atomic E-state index is -0.505. The van der Waals surface area contributed by atoms with Crippen LogP contribution in [0.5, 0.6) is 0 Å². The molecular weight excluding hydrogens is 211 g/mol. The predicted octanol–water partition coefficient (Wildman–Crippen LogP) is 2.92. The molecule has 15 heavy (non-hydrogen) atoms. The summed E-state index contributed by atoms with van der Waals surface area (Å²) < 4.78 is 13.3. The lowest BCUT2D eigenvalue weighted by Crippen LogP contribution is -2.12. The first-order chi connectivity index (χ1) is 7.18. The Labute approximate surface area is 93.7 Å². The first-order valence-electron chi connectivity index (χ1n) is 5.20. The van der Waals surface area contributed by atoms with Gasteiger partial charge >= 0.3 is 0 Å². The van der Waals surface area contributed by atoms with E-state index in [1.165, 1.54) is 6.07 Å². The van der Waals surface area contributed by atoms with Gasteiger partial charge in [0.15, 0.2) is 0 Å². The fourth-order valence-electron chi connectivity index (χ4n) is 1.87. The van der Waals surface area contributed by atoms with Crippen LogP contribution in [-0.2, 0) is 0 Å². The van der Waals surface area contributed by atoms with E-state index in [0.29, 0.717) is 11.1 Å². The number of rotatable bonds is 2. The quantitative estimate of drug-likeness (QED) is 0.836. The van der Waals surface area contributed by atoms with Gasteiger partial charge in [-0.15, -0.1) is 0 Å². The first kappa shape index (κ1) is 11.0. The van der Waals surface area contributed by atoms with Crippen LogP contribution in [-0.4, -0.2) is 16.6 Å². The molecule has 0 aromatic heterocycles. The maximum absolute atomic E-state index is 13.3. The van der Waals surface area contributed by atoms with E-state index in [0.717, 1.165) is 17.9 Å². The second kappa shape index (κ2) is 4.54. The molecule has 0 radical (unpaired) electrons. The van der Waals surface area contributed by atoms with Crippen molar-refractivity contribution in [3.05, 3.63) is 35.1 Å². The van der Waals surface area contributed by atoms with Crippen molar-refractivity contribution in [3.8, 4) is 0 Å². The summed E-state index contributed by atoms with van der Waals surface area (Å²) in [5.74, 6) is 2.15. The molecule has 1 N–H and O–H groups in total. The maximum atomic E-state index is 13.3. The van der Waals surface area contributed by atoms with Crippen molar-refractivity contribution >= 4 is 11.8 Å². The third kappa shape index (κ3) is 2.34. The van der Waals surface area contributed by atoms with Crippen LogP contribution in [0.25, 0.3) is 0 Å². The molecule has 1 aromatic rings. The second-order valence-corrected chi connectivity index (χ2v) is 5.23. The highest BCUT2D eigenvalue weighted by molar-refractivity contribution is 7.99. The summed E-state index contributed by atoms with van der Waals surface area (Å²) in [6.45, 7) is 1.73. The number of benzene rings is 1. The van der Waals surface area contributed by atoms with Gasteiger partial charge in [-0.25, -0.2) is 4.39 Å². The van der Waals surface area contributed by atoms with Gasteiger partial charge < -0.3 is 5.11 Å². The average Bonchev–Trinajstić information content (AvgIpc) is 2.74. The van der Waals surface area contributed by atoms with Crippen LogP contribution in [0.15, 0.2) is 18.2 Å². The summed E-state index contributed by atoms with van der Waals surface area (Å²) in [6.07, 6.45) is 0.525. The molecule has 1 fully saturated rings. The number of hydrogen-bond acceptors (Lipinski definition) is 2. The van der Waals surface area contributed by atoms with Crippen LogP contribution in [0.2, 0.25) is 0 Å². The third-order valence-corrected chi connectivity index (χ3v) is 4.14. The third-order valence-electron chi connectivity index (χ3n) is 2.95. The normalized spacial score (nSPS) is 23.0. The van der Waals surface area contributed by atoms with E-state index < -0.39 is 6.10 Å². The highest BCUT2D eigenvalue weighted by Crippen LogP contribution is 2.34. The number of aryl methyl sites for hydroxylation is 1. The SMILES string of the molecule is Cc1ccc(C(O)C2CCSC2)cc1F. The van der Waals surface area contributed by atoms with E-state index in [1.54, 1.807) is 13.0 Å². The van der Waals surface area contributed by atoms with Gasteiger partial charge in [0.05, 0.1) is 6.10 Å². The molecule has 1 heterocycles. The van der Waals surface area contributed by atoms with E-state index in [-0.39, 0.29) is 11.7 Å². The lowest BCUT2D eigenvalue weighted by molar-refractivity contribution is 0.121. The summed E-state index contributed by atoms with van der Waals surface area (Å²) in [6, 6.07) is 5.02. The van der Waals surface area contributed by atoms with Crippen LogP contribution in [0.1, 0.15) is 23.7 Å². The fourth-order valence-corrected chi connectivity index (χ4v) is 3.15. The number of hydrogen-bond donors (Lipinski definition) is 1. The maximum Gasteiger partial charge on any atom is 0.126 e. The predicted molar refractivity (Wildman–Crippen MR) is 61.5 cm³/mol. The number of halogens is 1. The lowest BCUT2D eigenvalue weighted by Gasteiger charge is -2.17. The van der Waals surface area contributed by atoms with Gasteiger partial charge in [0.1, 0.15) is 5.82 Å². The Balaban J connectivity index is 2.17. The molecule has 1 aromatic carbocycles. The zero-order valence-electron chi connectivity index (χ0n) is 8.74. The standard InChI is InChI=1S/C12H15FOS/c1-8-2-3-9(6-11(8)13)12(14)10-4-5-15-7-10/h2-3,6,10,12,14H,4-5,7H2,1H3. The van der Waals surface area contributed by atoms with Gasteiger partial charge in [-0.1, -0.05) is 12.1 Å². The van der Waals surface area contributed by atoms with Gasteiger partial charge in [-0.05, 0) is 48.0 Å². The van der Waals surface area contributed by atoms with Crippen molar-refractivity contribution in [1.29, 1.82) is 0 Å². The number of aliphatic hydroxyl groups is 1. The Kier molecular flexibility index (Phi) is 3.32. The average molecular weight is 226 g/mol. The molecule has 2 unspecified atom stereocenters. The Morgan fingerprint density at radius 2 is 2.33 bits per heavy atom. The minimum Gasteiger partial charge on any atom is -0.388 e. The second-order valence-electron chi connectivity index (χ2n) is 4.08. The van der Waals surface area contributed by atoms with E-state index in [4.69, 9.17) is 0 Å². The molecule has 0 bridgehead atoms. The molecule has 0 amide bonds. The van der Waals surface area contributed by atoms with E-state index in [9.17, 15) is 9.50 Å². The van der Waals surface area contributed by atoms with Crippen molar-refractivity contribution < 1.29 is 9.50 Å². The van der Waals surface area contributed by atoms with Gasteiger partial charge in [-0.3, -0.25) is 0 Å². The molecular formula is C12H15FOS. The van der Waals surface area contributed by atoms with Gasteiger partial charge in [0, 0.05) is 0 Å². The molecule has 82 valence electrons. The van der Waals surface area contributed by atoms with Crippen LogP contribution < -0.4 is 0 Å². The topological polar surface area (TPSA) is 20.2 Å². The number of aliphatic hydroxyl groups excluding tert-OH is 1. The monoisotopic (exact) mass is 226 g/mol. The summed E-state index contributed by atoms with van der Waals surface area (Å²) in [5, 5.41) is 10.1. The zero-order chi connectivity index (χ0) is 10.8. The Hall–Kier alpha value is -0.540. The smallest absolute Gasteiger partial charge is 0.126 e. The highest BCUT2D eigenvalue weighted by atomic mass is 32.2. The van der Waals surface area contributed by atoms with Crippen molar-refractivity contribution in [1.82, 2.24) is 0 Å². The molecule has 1 aliphatic rings. The first-order valence-corrected chi connectivity index (χ1v) is 6.36. The summed E-state index contributed by atoms with van der Waals surface area (Å²) in [4.78, 5) is 0. The molecule has 1 saturated heterocycles. The van der Waals surface area contributed by atoms with Crippen molar-refractivity contribution in [2.75, 3.05) is 11.5 Å². The van der Waals surface area contributed by atoms with Crippen LogP contribution in [0.3, 0.4) is 0 Å². The van der Waals surface area contributed by atoms with Crippen molar-refractivity contribution in [2.45, 2.75) is 19.4 Å². The van der Waals surface area contributed by atoms with Crippen LogP contribution in [0, 0.1) is 18.7 Å². The Morgan fingerprint density at radius 1 is 1.53 bits per heavy atom. The lowest BCUT2D eigenvalue weighted by atomic mass is 9.94. The molecule has 1 aliphatic heterocycles. The molecule has 2 atom stereocenters. The van der Waals surface area contributed by atoms with Gasteiger partial charge in [0.25, 0.3) is 0 Å². The van der Waals surface area contributed by atoms with Crippen molar-refractivity contribution in [3.63, 3.8) is 0 Å². The summed E-state index contributed by atoms with van der Waals surface area (Å²) >= 11 is 1.86. The highest BCUT2D eigenvalue weighted by Gasteiger charge is 2.25. The fraction of sp³-hybridized carbons (Fsp3) is 0.500. The Morgan fingerprint density at radius 3 is 2.93 bits per heavy atom. The van der Waals surface area contributed by atoms with E-state index in [1.807, 2.05) is 17.8 Å². The minimum absolute atomic E-state index is 0.225. The molecule has 0 saturated carbocycles. The van der Waals surface area contributed by atoms with E-state index in [2.05, 4.69) is 0 Å². The van der Waals surface area contributed by atoms with Crippen LogP contribution in [0.4, 0.5) is 4.39 Å². The van der Waals surface area contributed by atoms with Gasteiger partial charge in [-0.2, -0.15) is 11.8 Å². The molecule has 0 spiro atoms. The zero-order valence-corrected chi connectivity index (χ0v) is 9.56. The summed E-state index contributed by atoms with van der Waals surface area (Å²) in [5.41, 5.74) is 1.34. The van der Waals surface area contributed by atoms with Gasteiger partial charge in [0.2, 0.25) is 0 Å². The molecule has 2 rings (SSSR count). The number of thioether (sulfide) groups is 1. The van der Waals surface area contributed by atoms with E-state index >= 15 is 0 Å².